The molecule has 0 aliphatic rings. The molecule has 0 spiro atoms. The van der Waals surface area contributed by atoms with E-state index < -0.39 is 0 Å². The quantitative estimate of drug-likeness (QED) is 0.634. The second-order valence-electron chi connectivity index (χ2n) is 4.70. The smallest absolute Gasteiger partial charge is 0.255 e. The SMILES string of the molecule is O=C(NCCCCl)c1ccc(NC(=O)c2ccccc2)cc1. The van der Waals surface area contributed by atoms with Gasteiger partial charge in [0, 0.05) is 29.2 Å². The van der Waals surface area contributed by atoms with E-state index in [1.807, 2.05) is 18.2 Å². The van der Waals surface area contributed by atoms with Crippen LogP contribution in [-0.2, 0) is 0 Å². The second-order valence-corrected chi connectivity index (χ2v) is 5.07. The fraction of sp³-hybridized carbons (Fsp3) is 0.176. The van der Waals surface area contributed by atoms with E-state index in [9.17, 15) is 9.59 Å². The summed E-state index contributed by atoms with van der Waals surface area (Å²) in [7, 11) is 0. The van der Waals surface area contributed by atoms with E-state index in [1.165, 1.54) is 0 Å². The lowest BCUT2D eigenvalue weighted by molar-refractivity contribution is 0.0953. The number of benzene rings is 2. The van der Waals surface area contributed by atoms with Crippen molar-refractivity contribution in [3.8, 4) is 0 Å². The fourth-order valence-corrected chi connectivity index (χ4v) is 2.00. The molecule has 0 heterocycles. The van der Waals surface area contributed by atoms with E-state index in [0.717, 1.165) is 6.42 Å². The Labute approximate surface area is 134 Å². The van der Waals surface area contributed by atoms with Gasteiger partial charge in [0.25, 0.3) is 11.8 Å². The lowest BCUT2D eigenvalue weighted by Crippen LogP contribution is -2.24. The van der Waals surface area contributed by atoms with E-state index in [1.54, 1.807) is 36.4 Å². The van der Waals surface area contributed by atoms with E-state index in [-0.39, 0.29) is 11.8 Å². The largest absolute Gasteiger partial charge is 0.352 e. The molecule has 0 saturated carbocycles. The van der Waals surface area contributed by atoms with Crippen molar-refractivity contribution in [2.75, 3.05) is 17.7 Å². The molecule has 4 nitrogen and oxygen atoms in total. The minimum Gasteiger partial charge on any atom is -0.352 e. The summed E-state index contributed by atoms with van der Waals surface area (Å²) < 4.78 is 0. The maximum atomic E-state index is 12.0. The molecular formula is C17H17ClN2O2. The van der Waals surface area contributed by atoms with Crippen LogP contribution in [0, 0.1) is 0 Å². The number of anilines is 1. The first-order valence-corrected chi connectivity index (χ1v) is 7.55. The van der Waals surface area contributed by atoms with Crippen molar-refractivity contribution < 1.29 is 9.59 Å². The summed E-state index contributed by atoms with van der Waals surface area (Å²) in [6, 6.07) is 15.7. The number of rotatable bonds is 6. The summed E-state index contributed by atoms with van der Waals surface area (Å²) in [4.78, 5) is 23.8. The van der Waals surface area contributed by atoms with Crippen molar-refractivity contribution in [2.45, 2.75) is 6.42 Å². The van der Waals surface area contributed by atoms with Crippen molar-refractivity contribution in [1.82, 2.24) is 5.32 Å². The third-order valence-corrected chi connectivity index (χ3v) is 3.30. The Morgan fingerprint density at radius 1 is 0.864 bits per heavy atom. The number of nitrogens with one attached hydrogen (secondary N) is 2. The van der Waals surface area contributed by atoms with Gasteiger partial charge >= 0.3 is 0 Å². The Balaban J connectivity index is 1.94. The van der Waals surface area contributed by atoms with Crippen LogP contribution in [0.2, 0.25) is 0 Å². The number of halogens is 1. The predicted molar refractivity (Wildman–Crippen MR) is 88.5 cm³/mol. The normalized spacial score (nSPS) is 10.0. The number of carbonyl (C=O) groups excluding carboxylic acids is 2. The molecule has 0 atom stereocenters. The highest BCUT2D eigenvalue weighted by molar-refractivity contribution is 6.17. The van der Waals surface area contributed by atoms with Gasteiger partial charge in [-0.3, -0.25) is 9.59 Å². The lowest BCUT2D eigenvalue weighted by Gasteiger charge is -2.07. The molecule has 0 saturated heterocycles. The van der Waals surface area contributed by atoms with Gasteiger partial charge in [-0.15, -0.1) is 11.6 Å². The molecule has 0 aliphatic heterocycles. The number of amides is 2. The van der Waals surface area contributed by atoms with Gasteiger partial charge in [-0.25, -0.2) is 0 Å². The lowest BCUT2D eigenvalue weighted by atomic mass is 10.1. The number of carbonyl (C=O) groups is 2. The van der Waals surface area contributed by atoms with Crippen molar-refractivity contribution in [2.24, 2.45) is 0 Å². The van der Waals surface area contributed by atoms with Crippen LogP contribution in [0.1, 0.15) is 27.1 Å². The molecule has 2 aromatic rings. The number of alkyl halides is 1. The van der Waals surface area contributed by atoms with Gasteiger partial charge in [0.1, 0.15) is 0 Å². The summed E-state index contributed by atoms with van der Waals surface area (Å²) in [6.45, 7) is 0.550. The van der Waals surface area contributed by atoms with Crippen LogP contribution in [0.4, 0.5) is 5.69 Å². The molecule has 0 unspecified atom stereocenters. The van der Waals surface area contributed by atoms with Gasteiger partial charge in [0.15, 0.2) is 0 Å². The molecule has 0 aliphatic carbocycles. The molecule has 2 aromatic carbocycles. The van der Waals surface area contributed by atoms with Crippen LogP contribution in [0.25, 0.3) is 0 Å². The highest BCUT2D eigenvalue weighted by atomic mass is 35.5. The maximum absolute atomic E-state index is 12.0. The van der Waals surface area contributed by atoms with Crippen molar-refractivity contribution >= 4 is 29.1 Å². The molecule has 114 valence electrons. The minimum absolute atomic E-state index is 0.147. The first kappa shape index (κ1) is 16.0. The van der Waals surface area contributed by atoms with Crippen molar-refractivity contribution in [3.05, 3.63) is 65.7 Å². The average molecular weight is 317 g/mol. The monoisotopic (exact) mass is 316 g/mol. The summed E-state index contributed by atoms with van der Waals surface area (Å²) in [6.07, 6.45) is 0.735. The van der Waals surface area contributed by atoms with Gasteiger partial charge in [0.2, 0.25) is 0 Å². The molecule has 2 amide bonds. The van der Waals surface area contributed by atoms with Gasteiger partial charge < -0.3 is 10.6 Å². The zero-order valence-corrected chi connectivity index (χ0v) is 12.8. The molecule has 0 bridgehead atoms. The molecule has 0 fully saturated rings. The highest BCUT2D eigenvalue weighted by Gasteiger charge is 2.07. The molecule has 2 N–H and O–H groups in total. The summed E-state index contributed by atoms with van der Waals surface area (Å²) >= 11 is 5.56. The summed E-state index contributed by atoms with van der Waals surface area (Å²) in [5.41, 5.74) is 1.78. The number of hydrogen-bond acceptors (Lipinski definition) is 2. The van der Waals surface area contributed by atoms with E-state index in [2.05, 4.69) is 10.6 Å². The van der Waals surface area contributed by atoms with E-state index >= 15 is 0 Å². The maximum Gasteiger partial charge on any atom is 0.255 e. The topological polar surface area (TPSA) is 58.2 Å². The molecule has 22 heavy (non-hydrogen) atoms. The third kappa shape index (κ3) is 4.60. The standard InChI is InChI=1S/C17H17ClN2O2/c18-11-4-12-19-16(21)14-7-9-15(10-8-14)20-17(22)13-5-2-1-3-6-13/h1-3,5-10H,4,11-12H2,(H,19,21)(H,20,22). The average Bonchev–Trinajstić information content (AvgIpc) is 2.56. The van der Waals surface area contributed by atoms with Gasteiger partial charge in [-0.2, -0.15) is 0 Å². The van der Waals surface area contributed by atoms with Crippen LogP contribution in [-0.4, -0.2) is 24.2 Å². The Morgan fingerprint density at radius 3 is 2.14 bits per heavy atom. The summed E-state index contributed by atoms with van der Waals surface area (Å²) in [5.74, 6) is 0.191. The van der Waals surface area contributed by atoms with Crippen LogP contribution >= 0.6 is 11.6 Å². The summed E-state index contributed by atoms with van der Waals surface area (Å²) in [5, 5.41) is 5.56. The van der Waals surface area contributed by atoms with Crippen molar-refractivity contribution in [1.29, 1.82) is 0 Å². The van der Waals surface area contributed by atoms with Gasteiger partial charge in [0.05, 0.1) is 0 Å². The van der Waals surface area contributed by atoms with Crippen LogP contribution in [0.15, 0.2) is 54.6 Å². The Kier molecular flexibility index (Phi) is 5.98. The van der Waals surface area contributed by atoms with Crippen LogP contribution in [0.5, 0.6) is 0 Å². The van der Waals surface area contributed by atoms with Crippen LogP contribution in [0.3, 0.4) is 0 Å². The first-order chi connectivity index (χ1) is 10.7. The van der Waals surface area contributed by atoms with E-state index in [0.29, 0.717) is 29.2 Å². The molecule has 2 rings (SSSR count). The molecule has 0 aromatic heterocycles. The highest BCUT2D eigenvalue weighted by Crippen LogP contribution is 2.11. The zero-order chi connectivity index (χ0) is 15.8. The van der Waals surface area contributed by atoms with Crippen molar-refractivity contribution in [3.63, 3.8) is 0 Å². The Morgan fingerprint density at radius 2 is 1.50 bits per heavy atom. The molecule has 0 radical (unpaired) electrons. The molecular weight excluding hydrogens is 300 g/mol. The fourth-order valence-electron chi connectivity index (χ4n) is 1.87. The Bertz CT molecular complexity index is 627. The number of hydrogen-bond donors (Lipinski definition) is 2. The predicted octanol–water partition coefficient (Wildman–Crippen LogP) is 3.30. The third-order valence-electron chi connectivity index (χ3n) is 3.04. The first-order valence-electron chi connectivity index (χ1n) is 7.01. The second kappa shape index (κ2) is 8.20. The van der Waals surface area contributed by atoms with Gasteiger partial charge in [-0.1, -0.05) is 18.2 Å². The minimum atomic E-state index is -0.181. The Hall–Kier alpha value is -2.33. The zero-order valence-electron chi connectivity index (χ0n) is 12.0. The van der Waals surface area contributed by atoms with Crippen LogP contribution < -0.4 is 10.6 Å². The van der Waals surface area contributed by atoms with E-state index in [4.69, 9.17) is 11.6 Å². The molecule has 5 heteroatoms. The van der Waals surface area contributed by atoms with Gasteiger partial charge in [-0.05, 0) is 42.8 Å².